The van der Waals surface area contributed by atoms with Gasteiger partial charge in [-0.2, -0.15) is 4.99 Å². The number of rotatable bonds is 6. The van der Waals surface area contributed by atoms with Crippen molar-refractivity contribution in [3.63, 3.8) is 0 Å². The van der Waals surface area contributed by atoms with E-state index in [2.05, 4.69) is 4.99 Å². The van der Waals surface area contributed by atoms with Gasteiger partial charge < -0.3 is 9.30 Å². The van der Waals surface area contributed by atoms with Crippen LogP contribution in [-0.4, -0.2) is 31.8 Å². The van der Waals surface area contributed by atoms with Crippen molar-refractivity contribution < 1.29 is 17.9 Å². The quantitative estimate of drug-likeness (QED) is 0.633. The lowest BCUT2D eigenvalue weighted by Crippen LogP contribution is -2.17. The molecule has 0 aliphatic rings. The molecule has 0 fully saturated rings. The van der Waals surface area contributed by atoms with Crippen molar-refractivity contribution in [1.82, 2.24) is 4.57 Å². The standard InChI is InChI=1S/C19H20N2O4S2/c1-3-21-16-10-9-14(25-2)13-17(16)26-19(21)20-18(22)11-12-27(23,24)15-7-5-4-6-8-15/h4-10,13H,3,11-12H2,1-2H3. The Hall–Kier alpha value is -2.45. The molecule has 1 amide bonds. The van der Waals surface area contributed by atoms with Gasteiger partial charge in [0.05, 0.1) is 28.0 Å². The van der Waals surface area contributed by atoms with Crippen LogP contribution in [0.1, 0.15) is 13.3 Å². The van der Waals surface area contributed by atoms with Gasteiger partial charge in [-0.15, -0.1) is 0 Å². The molecule has 0 saturated heterocycles. The van der Waals surface area contributed by atoms with E-state index in [0.717, 1.165) is 16.0 Å². The second-order valence-electron chi connectivity index (χ2n) is 5.85. The first kappa shape index (κ1) is 19.3. The summed E-state index contributed by atoms with van der Waals surface area (Å²) >= 11 is 1.38. The fourth-order valence-corrected chi connectivity index (χ4v) is 5.09. The number of fused-ring (bicyclic) bond motifs is 1. The molecule has 0 aliphatic carbocycles. The number of sulfone groups is 1. The molecule has 27 heavy (non-hydrogen) atoms. The number of aryl methyl sites for hydroxylation is 1. The number of benzene rings is 2. The molecule has 8 heteroatoms. The molecule has 0 bridgehead atoms. The third-order valence-corrected chi connectivity index (χ3v) is 6.89. The maximum atomic E-state index is 12.3. The Kier molecular flexibility index (Phi) is 5.76. The summed E-state index contributed by atoms with van der Waals surface area (Å²) in [5.74, 6) is 0.0264. The van der Waals surface area contributed by atoms with E-state index in [9.17, 15) is 13.2 Å². The fourth-order valence-electron chi connectivity index (χ4n) is 2.70. The smallest absolute Gasteiger partial charge is 0.249 e. The van der Waals surface area contributed by atoms with Gasteiger partial charge in [0, 0.05) is 13.0 Å². The lowest BCUT2D eigenvalue weighted by Gasteiger charge is -2.03. The molecule has 2 aromatic carbocycles. The summed E-state index contributed by atoms with van der Waals surface area (Å²) in [5, 5.41) is 0. The summed E-state index contributed by atoms with van der Waals surface area (Å²) in [5.41, 5.74) is 0.965. The van der Waals surface area contributed by atoms with Crippen LogP contribution in [-0.2, 0) is 21.2 Å². The number of hydrogen-bond donors (Lipinski definition) is 0. The molecule has 0 N–H and O–H groups in total. The summed E-state index contributed by atoms with van der Waals surface area (Å²) in [6.07, 6.45) is -0.154. The first-order valence-electron chi connectivity index (χ1n) is 8.47. The number of ether oxygens (including phenoxy) is 1. The normalized spacial score (nSPS) is 12.4. The van der Waals surface area contributed by atoms with Crippen LogP contribution in [0.4, 0.5) is 0 Å². The molecule has 142 valence electrons. The van der Waals surface area contributed by atoms with E-state index in [1.807, 2.05) is 29.7 Å². The van der Waals surface area contributed by atoms with Crippen LogP contribution in [0.5, 0.6) is 5.75 Å². The third kappa shape index (κ3) is 4.28. The van der Waals surface area contributed by atoms with Crippen LogP contribution in [0.25, 0.3) is 10.2 Å². The summed E-state index contributed by atoms with van der Waals surface area (Å²) in [6.45, 7) is 2.63. The Balaban J connectivity index is 1.85. The maximum absolute atomic E-state index is 12.3. The van der Waals surface area contributed by atoms with Crippen molar-refractivity contribution in [1.29, 1.82) is 0 Å². The highest BCUT2D eigenvalue weighted by molar-refractivity contribution is 7.91. The van der Waals surface area contributed by atoms with E-state index in [0.29, 0.717) is 11.3 Å². The zero-order valence-corrected chi connectivity index (χ0v) is 16.7. The largest absolute Gasteiger partial charge is 0.497 e. The second-order valence-corrected chi connectivity index (χ2v) is 8.97. The van der Waals surface area contributed by atoms with Crippen LogP contribution in [0.3, 0.4) is 0 Å². The van der Waals surface area contributed by atoms with Crippen molar-refractivity contribution in [2.75, 3.05) is 12.9 Å². The van der Waals surface area contributed by atoms with Gasteiger partial charge in [-0.05, 0) is 37.3 Å². The van der Waals surface area contributed by atoms with Gasteiger partial charge in [-0.25, -0.2) is 8.42 Å². The Labute approximate surface area is 161 Å². The van der Waals surface area contributed by atoms with E-state index in [1.165, 1.54) is 23.5 Å². The minimum Gasteiger partial charge on any atom is -0.497 e. The van der Waals surface area contributed by atoms with Crippen LogP contribution >= 0.6 is 11.3 Å². The van der Waals surface area contributed by atoms with Crippen LogP contribution in [0, 0.1) is 0 Å². The molecule has 6 nitrogen and oxygen atoms in total. The number of nitrogens with zero attached hydrogens (tertiary/aromatic N) is 2. The van der Waals surface area contributed by atoms with Gasteiger partial charge >= 0.3 is 0 Å². The molecular weight excluding hydrogens is 384 g/mol. The number of carbonyl (C=O) groups is 1. The SMILES string of the molecule is CCn1c(=NC(=O)CCS(=O)(=O)c2ccccc2)sc2cc(OC)ccc21. The summed E-state index contributed by atoms with van der Waals surface area (Å²) in [7, 11) is -1.90. The van der Waals surface area contributed by atoms with Gasteiger partial charge in [0.2, 0.25) is 5.91 Å². The Morgan fingerprint density at radius 1 is 1.19 bits per heavy atom. The van der Waals surface area contributed by atoms with Crippen molar-refractivity contribution in [2.24, 2.45) is 4.99 Å². The third-order valence-electron chi connectivity index (χ3n) is 4.11. The first-order chi connectivity index (χ1) is 12.9. The number of aromatic nitrogens is 1. The van der Waals surface area contributed by atoms with Crippen molar-refractivity contribution in [2.45, 2.75) is 24.8 Å². The highest BCUT2D eigenvalue weighted by Gasteiger charge is 2.16. The second kappa shape index (κ2) is 8.06. The molecule has 0 radical (unpaired) electrons. The highest BCUT2D eigenvalue weighted by Crippen LogP contribution is 2.23. The minimum absolute atomic E-state index is 0.154. The summed E-state index contributed by atoms with van der Waals surface area (Å²) in [4.78, 5) is 17.2. The Morgan fingerprint density at radius 2 is 1.93 bits per heavy atom. The van der Waals surface area contributed by atoms with Crippen LogP contribution in [0.15, 0.2) is 58.4 Å². The first-order valence-corrected chi connectivity index (χ1v) is 10.9. The van der Waals surface area contributed by atoms with E-state index in [4.69, 9.17) is 4.74 Å². The molecule has 3 aromatic rings. The minimum atomic E-state index is -3.50. The van der Waals surface area contributed by atoms with Gasteiger partial charge in [-0.1, -0.05) is 29.5 Å². The molecular formula is C19H20N2O4S2. The Bertz CT molecular complexity index is 1130. The van der Waals surface area contributed by atoms with E-state index in [1.54, 1.807) is 25.3 Å². The monoisotopic (exact) mass is 404 g/mol. The Morgan fingerprint density at radius 3 is 2.59 bits per heavy atom. The highest BCUT2D eigenvalue weighted by atomic mass is 32.2. The van der Waals surface area contributed by atoms with Gasteiger partial charge in [0.25, 0.3) is 0 Å². The molecule has 0 aliphatic heterocycles. The molecule has 0 atom stereocenters. The molecule has 0 unspecified atom stereocenters. The predicted octanol–water partition coefficient (Wildman–Crippen LogP) is 3.02. The van der Waals surface area contributed by atoms with E-state index in [-0.39, 0.29) is 17.1 Å². The zero-order chi connectivity index (χ0) is 19.4. The van der Waals surface area contributed by atoms with E-state index >= 15 is 0 Å². The van der Waals surface area contributed by atoms with Gasteiger partial charge in [0.15, 0.2) is 14.6 Å². The number of hydrogen-bond acceptors (Lipinski definition) is 5. The summed E-state index contributed by atoms with van der Waals surface area (Å²) < 4.78 is 32.8. The predicted molar refractivity (Wildman–Crippen MR) is 106 cm³/mol. The van der Waals surface area contributed by atoms with E-state index < -0.39 is 15.7 Å². The number of thiazole rings is 1. The lowest BCUT2D eigenvalue weighted by atomic mass is 10.3. The summed E-state index contributed by atoms with van der Waals surface area (Å²) in [6, 6.07) is 13.8. The number of amides is 1. The number of methoxy groups -OCH3 is 1. The van der Waals surface area contributed by atoms with Gasteiger partial charge in [-0.3, -0.25) is 4.79 Å². The van der Waals surface area contributed by atoms with Crippen molar-refractivity contribution in [3.8, 4) is 5.75 Å². The maximum Gasteiger partial charge on any atom is 0.249 e. The molecule has 0 saturated carbocycles. The van der Waals surface area contributed by atoms with Crippen LogP contribution < -0.4 is 9.54 Å². The molecule has 1 heterocycles. The molecule has 0 spiro atoms. The zero-order valence-electron chi connectivity index (χ0n) is 15.1. The topological polar surface area (TPSA) is 77.7 Å². The van der Waals surface area contributed by atoms with Crippen molar-refractivity contribution in [3.05, 3.63) is 53.3 Å². The molecule has 3 rings (SSSR count). The lowest BCUT2D eigenvalue weighted by molar-refractivity contribution is -0.117. The average molecular weight is 405 g/mol. The number of carbonyl (C=O) groups excluding carboxylic acids is 1. The molecule has 1 aromatic heterocycles. The van der Waals surface area contributed by atoms with Crippen LogP contribution in [0.2, 0.25) is 0 Å². The van der Waals surface area contributed by atoms with Gasteiger partial charge in [0.1, 0.15) is 5.75 Å². The average Bonchev–Trinajstić information content (AvgIpc) is 3.03. The van der Waals surface area contributed by atoms with Crippen molar-refractivity contribution >= 4 is 37.3 Å². The fraction of sp³-hybridized carbons (Fsp3) is 0.263.